The van der Waals surface area contributed by atoms with Crippen molar-refractivity contribution in [2.45, 2.75) is 29.7 Å². The molecule has 0 saturated carbocycles. The smallest absolute Gasteiger partial charge is 0.308 e. The highest BCUT2D eigenvalue weighted by Crippen LogP contribution is 2.54. The highest BCUT2D eigenvalue weighted by Gasteiger charge is 2.56. The van der Waals surface area contributed by atoms with Crippen molar-refractivity contribution >= 4 is 68.1 Å². The fourth-order valence-corrected chi connectivity index (χ4v) is 8.16. The predicted octanol–water partition coefficient (Wildman–Crippen LogP) is 5.12. The van der Waals surface area contributed by atoms with E-state index in [4.69, 9.17) is 0 Å². The second kappa shape index (κ2) is 10.4. The molecular formula is C29H22BrN3O5S2. The Hall–Kier alpha value is -3.67. The third-order valence-electron chi connectivity index (χ3n) is 7.02. The molecule has 4 aromatic rings. The van der Waals surface area contributed by atoms with Gasteiger partial charge >= 0.3 is 4.87 Å². The second-order valence-corrected chi connectivity index (χ2v) is 12.7. The summed E-state index contributed by atoms with van der Waals surface area (Å²) in [4.78, 5) is 55.3. The van der Waals surface area contributed by atoms with Gasteiger partial charge in [-0.15, -0.1) is 0 Å². The molecule has 0 spiro atoms. The normalized spacial score (nSPS) is 19.9. The van der Waals surface area contributed by atoms with E-state index < -0.39 is 17.1 Å². The van der Waals surface area contributed by atoms with Crippen molar-refractivity contribution in [1.82, 2.24) is 4.57 Å². The van der Waals surface area contributed by atoms with Crippen LogP contribution in [0.25, 0.3) is 0 Å². The number of halogens is 1. The Labute approximate surface area is 245 Å². The van der Waals surface area contributed by atoms with Gasteiger partial charge in [0, 0.05) is 21.0 Å². The van der Waals surface area contributed by atoms with Crippen molar-refractivity contribution < 1.29 is 19.5 Å². The molecule has 40 heavy (non-hydrogen) atoms. The van der Waals surface area contributed by atoms with E-state index in [1.165, 1.54) is 21.6 Å². The Morgan fingerprint density at radius 3 is 2.30 bits per heavy atom. The third kappa shape index (κ3) is 4.67. The highest BCUT2D eigenvalue weighted by atomic mass is 79.9. The SMILES string of the molecule is Cc1ccc(NC(=O)Cn2c3c(sc2=O)[C@@H](c2ccc(O)cc2)[C@H]2C(=O)N(c4ccc(Br)cc4)C(=O)[C@H]2S3)cc1. The van der Waals surface area contributed by atoms with Crippen LogP contribution in [0.4, 0.5) is 11.4 Å². The van der Waals surface area contributed by atoms with Gasteiger partial charge in [-0.3, -0.25) is 23.7 Å². The van der Waals surface area contributed by atoms with Crippen molar-refractivity contribution in [3.8, 4) is 5.75 Å². The molecule has 2 aliphatic rings. The summed E-state index contributed by atoms with van der Waals surface area (Å²) >= 11 is 5.53. The molecule has 3 aromatic carbocycles. The molecule has 6 rings (SSSR count). The van der Waals surface area contributed by atoms with Crippen LogP contribution in [0, 0.1) is 12.8 Å². The van der Waals surface area contributed by atoms with Crippen LogP contribution in [0.15, 0.2) is 87.1 Å². The first-order chi connectivity index (χ1) is 19.2. The van der Waals surface area contributed by atoms with Crippen molar-refractivity contribution in [3.63, 3.8) is 0 Å². The zero-order chi connectivity index (χ0) is 28.1. The number of imide groups is 1. The lowest BCUT2D eigenvalue weighted by atomic mass is 9.83. The number of thiazole rings is 1. The first-order valence-electron chi connectivity index (χ1n) is 12.4. The molecule has 202 valence electrons. The van der Waals surface area contributed by atoms with E-state index in [1.807, 2.05) is 19.1 Å². The van der Waals surface area contributed by atoms with Crippen LogP contribution in [0.3, 0.4) is 0 Å². The molecule has 11 heteroatoms. The number of carbonyl (C=O) groups excluding carboxylic acids is 3. The van der Waals surface area contributed by atoms with Gasteiger partial charge in [0.1, 0.15) is 17.5 Å². The molecule has 1 saturated heterocycles. The Bertz CT molecular complexity index is 1700. The summed E-state index contributed by atoms with van der Waals surface area (Å²) in [7, 11) is 0. The summed E-state index contributed by atoms with van der Waals surface area (Å²) in [6.07, 6.45) is 0. The molecule has 3 heterocycles. The summed E-state index contributed by atoms with van der Waals surface area (Å²) in [5, 5.41) is 12.4. The summed E-state index contributed by atoms with van der Waals surface area (Å²) < 4.78 is 2.21. The van der Waals surface area contributed by atoms with Crippen LogP contribution in [0.2, 0.25) is 0 Å². The number of nitrogens with one attached hydrogen (secondary N) is 1. The van der Waals surface area contributed by atoms with E-state index in [9.17, 15) is 24.3 Å². The van der Waals surface area contributed by atoms with Gasteiger partial charge in [0.15, 0.2) is 0 Å². The van der Waals surface area contributed by atoms with Crippen molar-refractivity contribution in [2.24, 2.45) is 5.92 Å². The molecule has 0 unspecified atom stereocenters. The lowest BCUT2D eigenvalue weighted by Crippen LogP contribution is -2.33. The van der Waals surface area contributed by atoms with Crippen LogP contribution < -0.4 is 15.1 Å². The molecule has 0 radical (unpaired) electrons. The topological polar surface area (TPSA) is 109 Å². The number of anilines is 2. The molecule has 3 amide bonds. The number of thioether (sulfide) groups is 1. The number of hydrogen-bond donors (Lipinski definition) is 2. The number of rotatable bonds is 5. The fraction of sp³-hybridized carbons (Fsp3) is 0.172. The van der Waals surface area contributed by atoms with Gasteiger partial charge in [0.25, 0.3) is 0 Å². The van der Waals surface area contributed by atoms with Crippen LogP contribution in [-0.2, 0) is 20.9 Å². The number of nitrogens with zero attached hydrogens (tertiary/aromatic N) is 2. The van der Waals surface area contributed by atoms with E-state index in [-0.39, 0.29) is 34.9 Å². The second-order valence-electron chi connectivity index (χ2n) is 9.66. The predicted molar refractivity (Wildman–Crippen MR) is 158 cm³/mol. The molecule has 0 aliphatic carbocycles. The Morgan fingerprint density at radius 1 is 0.950 bits per heavy atom. The van der Waals surface area contributed by atoms with Crippen LogP contribution >= 0.6 is 39.0 Å². The number of phenols is 1. The number of carbonyl (C=O) groups is 3. The van der Waals surface area contributed by atoms with Crippen molar-refractivity contribution in [2.75, 3.05) is 10.2 Å². The number of amides is 3. The number of aryl methyl sites for hydroxylation is 1. The summed E-state index contributed by atoms with van der Waals surface area (Å²) in [5.41, 5.74) is 2.84. The Kier molecular flexibility index (Phi) is 6.89. The van der Waals surface area contributed by atoms with Gasteiger partial charge in [0.2, 0.25) is 17.7 Å². The van der Waals surface area contributed by atoms with Crippen molar-refractivity contribution in [3.05, 3.63) is 103 Å². The number of fused-ring (bicyclic) bond motifs is 2. The van der Waals surface area contributed by atoms with Gasteiger partial charge in [0.05, 0.1) is 16.6 Å². The summed E-state index contributed by atoms with van der Waals surface area (Å²) in [6, 6.07) is 20.7. The van der Waals surface area contributed by atoms with Gasteiger partial charge in [-0.1, -0.05) is 68.9 Å². The number of phenolic OH excluding ortho intramolecular Hbond substituents is 1. The molecule has 1 aromatic heterocycles. The van der Waals surface area contributed by atoms with E-state index in [0.717, 1.165) is 33.1 Å². The number of benzene rings is 3. The summed E-state index contributed by atoms with van der Waals surface area (Å²) in [5.74, 6) is -2.39. The lowest BCUT2D eigenvalue weighted by molar-refractivity contribution is -0.122. The minimum absolute atomic E-state index is 0.0644. The number of hydrogen-bond acceptors (Lipinski definition) is 7. The molecule has 0 bridgehead atoms. The van der Waals surface area contributed by atoms with Crippen molar-refractivity contribution in [1.29, 1.82) is 0 Å². The molecule has 1 fully saturated rings. The van der Waals surface area contributed by atoms with Crippen LogP contribution in [0.1, 0.15) is 21.9 Å². The molecule has 2 aliphatic heterocycles. The minimum atomic E-state index is -0.789. The maximum atomic E-state index is 13.9. The van der Waals surface area contributed by atoms with Gasteiger partial charge in [-0.05, 0) is 61.0 Å². The molecular weight excluding hydrogens is 614 g/mol. The van der Waals surface area contributed by atoms with Crippen LogP contribution in [0.5, 0.6) is 5.75 Å². The average Bonchev–Trinajstić information content (AvgIpc) is 3.37. The quantitative estimate of drug-likeness (QED) is 0.295. The molecule has 8 nitrogen and oxygen atoms in total. The largest absolute Gasteiger partial charge is 0.508 e. The average molecular weight is 637 g/mol. The van der Waals surface area contributed by atoms with E-state index >= 15 is 0 Å². The van der Waals surface area contributed by atoms with Gasteiger partial charge < -0.3 is 10.4 Å². The molecule has 3 atom stereocenters. The lowest BCUT2D eigenvalue weighted by Gasteiger charge is -2.30. The first kappa shape index (κ1) is 26.5. The minimum Gasteiger partial charge on any atom is -0.508 e. The highest BCUT2D eigenvalue weighted by molar-refractivity contribution is 9.10. The Balaban J connectivity index is 1.40. The maximum Gasteiger partial charge on any atom is 0.308 e. The van der Waals surface area contributed by atoms with E-state index in [1.54, 1.807) is 48.5 Å². The molecule has 2 N–H and O–H groups in total. The Morgan fingerprint density at radius 2 is 1.62 bits per heavy atom. The number of aromatic hydroxyl groups is 1. The maximum absolute atomic E-state index is 13.9. The van der Waals surface area contributed by atoms with Gasteiger partial charge in [-0.2, -0.15) is 0 Å². The van der Waals surface area contributed by atoms with Gasteiger partial charge in [-0.25, -0.2) is 4.90 Å². The zero-order valence-corrected chi connectivity index (χ0v) is 24.3. The number of aromatic nitrogens is 1. The monoisotopic (exact) mass is 635 g/mol. The fourth-order valence-electron chi connectivity index (χ4n) is 5.12. The standard InChI is InChI=1S/C29H22BrN3O5S2/c1-15-2-8-18(9-3-15)31-21(35)14-32-28-25(40-29(32)38)22(16-4-12-20(34)13-5-16)23-24(39-28)27(37)33(26(23)36)19-10-6-17(30)7-11-19/h2-13,22-24,34H,14H2,1H3,(H,31,35)/t22-,23+,24-/m0/s1. The van der Waals surface area contributed by atoms with E-state index in [2.05, 4.69) is 21.2 Å². The zero-order valence-electron chi connectivity index (χ0n) is 21.0. The van der Waals surface area contributed by atoms with Crippen LogP contribution in [-0.4, -0.2) is 32.6 Å². The summed E-state index contributed by atoms with van der Waals surface area (Å²) in [6.45, 7) is 1.72. The first-order valence-corrected chi connectivity index (χ1v) is 14.9. The third-order valence-corrected chi connectivity index (χ3v) is 10.2. The van der Waals surface area contributed by atoms with E-state index in [0.29, 0.717) is 26.8 Å².